The molecule has 1 aliphatic heterocycles. The standard InChI is InChI=1S/C23H15ClF2N2O4S/c1-12-9-14(6-8-18(12)25)33(29,30)32-13-5-7-15-20(10-13)31-23(28)16(11-27)21(15)22-17(24)3-2-4-19(22)26/h2-10,21H,28H2,1H3. The molecule has 6 nitrogen and oxygen atoms in total. The van der Waals surface area contributed by atoms with E-state index < -0.39 is 27.7 Å². The number of rotatable bonds is 4. The Morgan fingerprint density at radius 1 is 1.12 bits per heavy atom. The molecule has 0 aromatic heterocycles. The molecule has 2 N–H and O–H groups in total. The number of nitriles is 1. The SMILES string of the molecule is Cc1cc(S(=O)(=O)Oc2ccc3c(c2)OC(N)=C(C#N)C3c2c(F)cccc2Cl)ccc1F. The van der Waals surface area contributed by atoms with Crippen LogP contribution in [-0.4, -0.2) is 8.42 Å². The van der Waals surface area contributed by atoms with Crippen LogP contribution in [0.2, 0.25) is 5.02 Å². The van der Waals surface area contributed by atoms with E-state index in [-0.39, 0.29) is 44.0 Å². The fourth-order valence-corrected chi connectivity index (χ4v) is 4.80. The van der Waals surface area contributed by atoms with Gasteiger partial charge in [-0.3, -0.25) is 0 Å². The molecule has 0 amide bonds. The van der Waals surface area contributed by atoms with Crippen molar-refractivity contribution in [2.75, 3.05) is 0 Å². The molecule has 33 heavy (non-hydrogen) atoms. The highest BCUT2D eigenvalue weighted by molar-refractivity contribution is 7.87. The number of halogens is 3. The lowest BCUT2D eigenvalue weighted by Crippen LogP contribution is -2.22. The van der Waals surface area contributed by atoms with Crippen LogP contribution in [0.15, 0.2) is 70.9 Å². The number of benzene rings is 3. The summed E-state index contributed by atoms with van der Waals surface area (Å²) in [6, 6.07) is 13.3. The van der Waals surface area contributed by atoms with Gasteiger partial charge in [-0.2, -0.15) is 13.7 Å². The van der Waals surface area contributed by atoms with Crippen LogP contribution in [-0.2, 0) is 10.1 Å². The molecule has 0 aliphatic carbocycles. The maximum atomic E-state index is 14.7. The summed E-state index contributed by atoms with van der Waals surface area (Å²) in [5.74, 6) is -2.50. The minimum absolute atomic E-state index is 0.0336. The van der Waals surface area contributed by atoms with Crippen molar-refractivity contribution < 1.29 is 26.1 Å². The number of hydrogen-bond acceptors (Lipinski definition) is 6. The second-order valence-electron chi connectivity index (χ2n) is 7.21. The molecule has 1 atom stereocenters. The number of allylic oxidation sites excluding steroid dienone is 1. The van der Waals surface area contributed by atoms with E-state index in [0.717, 1.165) is 18.2 Å². The summed E-state index contributed by atoms with van der Waals surface area (Å²) in [6.07, 6.45) is 0. The summed E-state index contributed by atoms with van der Waals surface area (Å²) in [5.41, 5.74) is 6.38. The van der Waals surface area contributed by atoms with Crippen LogP contribution in [0.3, 0.4) is 0 Å². The van der Waals surface area contributed by atoms with Crippen molar-refractivity contribution in [3.05, 3.63) is 99.4 Å². The highest BCUT2D eigenvalue weighted by atomic mass is 35.5. The summed E-state index contributed by atoms with van der Waals surface area (Å²) in [4.78, 5) is -0.234. The quantitative estimate of drug-likeness (QED) is 0.523. The van der Waals surface area contributed by atoms with Crippen molar-refractivity contribution in [3.63, 3.8) is 0 Å². The molecule has 1 aliphatic rings. The van der Waals surface area contributed by atoms with E-state index in [4.69, 9.17) is 26.3 Å². The first-order chi connectivity index (χ1) is 15.6. The summed E-state index contributed by atoms with van der Waals surface area (Å²) in [5, 5.41) is 9.70. The Labute approximate surface area is 193 Å². The zero-order valence-electron chi connectivity index (χ0n) is 17.0. The Morgan fingerprint density at radius 2 is 1.88 bits per heavy atom. The van der Waals surface area contributed by atoms with Crippen LogP contribution in [0.5, 0.6) is 11.5 Å². The minimum Gasteiger partial charge on any atom is -0.440 e. The van der Waals surface area contributed by atoms with Crippen LogP contribution < -0.4 is 14.7 Å². The molecular weight excluding hydrogens is 474 g/mol. The molecule has 4 rings (SSSR count). The Kier molecular flexibility index (Phi) is 5.74. The van der Waals surface area contributed by atoms with Crippen LogP contribution in [0.1, 0.15) is 22.6 Å². The topological polar surface area (TPSA) is 102 Å². The molecule has 1 unspecified atom stereocenters. The van der Waals surface area contributed by atoms with Gasteiger partial charge in [-0.05, 0) is 48.9 Å². The maximum absolute atomic E-state index is 14.7. The fraction of sp³-hybridized carbons (Fsp3) is 0.0870. The maximum Gasteiger partial charge on any atom is 0.339 e. The number of fused-ring (bicyclic) bond motifs is 1. The molecule has 0 fully saturated rings. The number of nitrogens with two attached hydrogens (primary N) is 1. The molecular formula is C23H15ClF2N2O4S. The summed E-state index contributed by atoms with van der Waals surface area (Å²) in [6.45, 7) is 1.43. The van der Waals surface area contributed by atoms with Crippen molar-refractivity contribution in [1.82, 2.24) is 0 Å². The van der Waals surface area contributed by atoms with Crippen molar-refractivity contribution in [3.8, 4) is 17.6 Å². The van der Waals surface area contributed by atoms with Crippen molar-refractivity contribution in [2.24, 2.45) is 5.73 Å². The van der Waals surface area contributed by atoms with Gasteiger partial charge in [0.1, 0.15) is 39.7 Å². The fourth-order valence-electron chi connectivity index (χ4n) is 3.52. The summed E-state index contributed by atoms with van der Waals surface area (Å²) >= 11 is 6.23. The largest absolute Gasteiger partial charge is 0.440 e. The van der Waals surface area contributed by atoms with Gasteiger partial charge in [-0.15, -0.1) is 0 Å². The lowest BCUT2D eigenvalue weighted by molar-refractivity contribution is 0.390. The van der Waals surface area contributed by atoms with Crippen LogP contribution >= 0.6 is 11.6 Å². The third-order valence-corrected chi connectivity index (χ3v) is 6.68. The van der Waals surface area contributed by atoms with E-state index in [1.807, 2.05) is 6.07 Å². The Bertz CT molecular complexity index is 1450. The van der Waals surface area contributed by atoms with Gasteiger partial charge in [-0.1, -0.05) is 23.7 Å². The van der Waals surface area contributed by atoms with E-state index in [0.29, 0.717) is 5.56 Å². The van der Waals surface area contributed by atoms with E-state index >= 15 is 0 Å². The van der Waals surface area contributed by atoms with E-state index in [1.165, 1.54) is 43.3 Å². The first kappa shape index (κ1) is 22.6. The summed E-state index contributed by atoms with van der Waals surface area (Å²) < 4.78 is 64.2. The third-order valence-electron chi connectivity index (χ3n) is 5.10. The van der Waals surface area contributed by atoms with E-state index in [1.54, 1.807) is 0 Å². The first-order valence-electron chi connectivity index (χ1n) is 9.48. The molecule has 168 valence electrons. The first-order valence-corrected chi connectivity index (χ1v) is 11.3. The van der Waals surface area contributed by atoms with Crippen molar-refractivity contribution >= 4 is 21.7 Å². The van der Waals surface area contributed by atoms with Gasteiger partial charge >= 0.3 is 10.1 Å². The van der Waals surface area contributed by atoms with Crippen molar-refractivity contribution in [2.45, 2.75) is 17.7 Å². The Hall–Kier alpha value is -3.61. The number of nitrogens with zero attached hydrogens (tertiary/aromatic N) is 1. The lowest BCUT2D eigenvalue weighted by atomic mass is 9.83. The van der Waals surface area contributed by atoms with Crippen LogP contribution in [0.4, 0.5) is 8.78 Å². The van der Waals surface area contributed by atoms with Gasteiger partial charge < -0.3 is 14.7 Å². The van der Waals surface area contributed by atoms with E-state index in [9.17, 15) is 22.5 Å². The van der Waals surface area contributed by atoms with Gasteiger partial charge in [-0.25, -0.2) is 8.78 Å². The zero-order chi connectivity index (χ0) is 23.9. The molecule has 0 saturated heterocycles. The van der Waals surface area contributed by atoms with Gasteiger partial charge in [0.15, 0.2) is 0 Å². The number of aryl methyl sites for hydroxylation is 1. The molecule has 3 aromatic carbocycles. The predicted molar refractivity (Wildman–Crippen MR) is 116 cm³/mol. The summed E-state index contributed by atoms with van der Waals surface area (Å²) in [7, 11) is -4.29. The highest BCUT2D eigenvalue weighted by Crippen LogP contribution is 2.46. The predicted octanol–water partition coefficient (Wildman–Crippen LogP) is 4.91. The van der Waals surface area contributed by atoms with Gasteiger partial charge in [0, 0.05) is 22.2 Å². The highest BCUT2D eigenvalue weighted by Gasteiger charge is 2.34. The molecule has 0 saturated carbocycles. The number of ether oxygens (including phenoxy) is 1. The van der Waals surface area contributed by atoms with Gasteiger partial charge in [0.25, 0.3) is 0 Å². The Morgan fingerprint density at radius 3 is 2.55 bits per heavy atom. The second kappa shape index (κ2) is 8.39. The monoisotopic (exact) mass is 488 g/mol. The normalized spacial score (nSPS) is 15.4. The molecule has 0 spiro atoms. The average Bonchev–Trinajstić information content (AvgIpc) is 2.75. The van der Waals surface area contributed by atoms with Crippen LogP contribution in [0, 0.1) is 29.9 Å². The third kappa shape index (κ3) is 4.11. The lowest BCUT2D eigenvalue weighted by Gasteiger charge is -2.27. The molecule has 0 radical (unpaired) electrons. The Balaban J connectivity index is 1.77. The molecule has 0 bridgehead atoms. The minimum atomic E-state index is -4.29. The zero-order valence-corrected chi connectivity index (χ0v) is 18.5. The second-order valence-corrected chi connectivity index (χ2v) is 9.16. The van der Waals surface area contributed by atoms with E-state index in [2.05, 4.69) is 0 Å². The van der Waals surface area contributed by atoms with Gasteiger partial charge in [0.2, 0.25) is 5.88 Å². The average molecular weight is 489 g/mol. The van der Waals surface area contributed by atoms with Crippen molar-refractivity contribution in [1.29, 1.82) is 5.26 Å². The molecule has 1 heterocycles. The number of hydrogen-bond donors (Lipinski definition) is 1. The van der Waals surface area contributed by atoms with Crippen LogP contribution in [0.25, 0.3) is 0 Å². The smallest absolute Gasteiger partial charge is 0.339 e. The molecule has 10 heteroatoms. The molecule has 3 aromatic rings. The van der Waals surface area contributed by atoms with Gasteiger partial charge in [0.05, 0.1) is 5.92 Å².